The minimum atomic E-state index is -4.63. The Morgan fingerprint density at radius 2 is 1.93 bits per heavy atom. The van der Waals surface area contributed by atoms with Crippen LogP contribution in [0.4, 0.5) is 23.7 Å². The summed E-state index contributed by atoms with van der Waals surface area (Å²) in [4.78, 5) is 13.7. The van der Waals surface area contributed by atoms with Gasteiger partial charge in [-0.1, -0.05) is 6.07 Å². The quantitative estimate of drug-likeness (QED) is 0.809. The Labute approximate surface area is 159 Å². The lowest BCUT2D eigenvalue weighted by molar-refractivity contribution is -0.137. The Morgan fingerprint density at radius 3 is 2.64 bits per heavy atom. The van der Waals surface area contributed by atoms with Crippen LogP contribution in [0.3, 0.4) is 0 Å². The summed E-state index contributed by atoms with van der Waals surface area (Å²) in [5.41, 5.74) is -0.550. The van der Waals surface area contributed by atoms with Gasteiger partial charge in [-0.3, -0.25) is 0 Å². The molecule has 9 heteroatoms. The van der Waals surface area contributed by atoms with E-state index in [1.807, 2.05) is 0 Å². The maximum atomic E-state index is 13.3. The van der Waals surface area contributed by atoms with Gasteiger partial charge in [0, 0.05) is 13.6 Å². The third kappa shape index (κ3) is 4.41. The molecule has 0 fully saturated rings. The van der Waals surface area contributed by atoms with Crippen LogP contribution in [0.5, 0.6) is 17.2 Å². The summed E-state index contributed by atoms with van der Waals surface area (Å²) >= 11 is 0. The largest absolute Gasteiger partial charge is 0.494 e. The minimum Gasteiger partial charge on any atom is -0.494 e. The molecule has 150 valence electrons. The normalized spacial score (nSPS) is 12.6. The summed E-state index contributed by atoms with van der Waals surface area (Å²) in [6.45, 7) is 2.23. The predicted molar refractivity (Wildman–Crippen MR) is 95.7 cm³/mol. The van der Waals surface area contributed by atoms with Gasteiger partial charge in [-0.15, -0.1) is 0 Å². The molecule has 1 N–H and O–H groups in total. The summed E-state index contributed by atoms with van der Waals surface area (Å²) in [5.74, 6) is 1.26. The summed E-state index contributed by atoms with van der Waals surface area (Å²) in [6.07, 6.45) is -4.63. The van der Waals surface area contributed by atoms with Crippen molar-refractivity contribution in [1.82, 2.24) is 4.90 Å². The van der Waals surface area contributed by atoms with Gasteiger partial charge in [0.25, 0.3) is 0 Å². The Hall–Kier alpha value is -3.10. The number of amides is 2. The van der Waals surface area contributed by atoms with E-state index in [0.29, 0.717) is 11.5 Å². The highest BCUT2D eigenvalue weighted by Gasteiger charge is 2.34. The standard InChI is InChI=1S/C19H19F3N2O4/c1-3-26-13-5-6-15(14(9-13)19(20,21)22)23-18(25)24(2)10-12-4-7-16-17(8-12)28-11-27-16/h4-9H,3,10-11H2,1-2H3,(H,23,25). The highest BCUT2D eigenvalue weighted by molar-refractivity contribution is 5.90. The van der Waals surface area contributed by atoms with Gasteiger partial charge in [-0.25, -0.2) is 4.79 Å². The molecule has 0 atom stereocenters. The van der Waals surface area contributed by atoms with Crippen LogP contribution in [0.2, 0.25) is 0 Å². The number of alkyl halides is 3. The van der Waals surface area contributed by atoms with E-state index < -0.39 is 17.8 Å². The Morgan fingerprint density at radius 1 is 1.18 bits per heavy atom. The van der Waals surface area contributed by atoms with E-state index in [1.165, 1.54) is 24.1 Å². The first-order valence-electron chi connectivity index (χ1n) is 8.52. The second kappa shape index (κ2) is 7.87. The highest BCUT2D eigenvalue weighted by atomic mass is 19.4. The number of carbonyl (C=O) groups excluding carboxylic acids is 1. The average Bonchev–Trinajstić information content (AvgIpc) is 3.10. The second-order valence-electron chi connectivity index (χ2n) is 6.11. The summed E-state index contributed by atoms with van der Waals surface area (Å²) in [7, 11) is 1.49. The lowest BCUT2D eigenvalue weighted by Gasteiger charge is -2.20. The maximum Gasteiger partial charge on any atom is 0.418 e. The van der Waals surface area contributed by atoms with Gasteiger partial charge >= 0.3 is 12.2 Å². The summed E-state index contributed by atoms with van der Waals surface area (Å²) in [5, 5.41) is 2.31. The third-order valence-corrected chi connectivity index (χ3v) is 4.05. The zero-order valence-corrected chi connectivity index (χ0v) is 15.3. The number of rotatable bonds is 5. The molecule has 2 aromatic rings. The molecule has 0 aliphatic carbocycles. The molecule has 6 nitrogen and oxygen atoms in total. The molecule has 2 aromatic carbocycles. The number of anilines is 1. The Kier molecular flexibility index (Phi) is 5.53. The van der Waals surface area contributed by atoms with Crippen molar-refractivity contribution in [3.63, 3.8) is 0 Å². The highest BCUT2D eigenvalue weighted by Crippen LogP contribution is 2.37. The maximum absolute atomic E-state index is 13.3. The van der Waals surface area contributed by atoms with Gasteiger partial charge in [0.2, 0.25) is 6.79 Å². The molecule has 0 unspecified atom stereocenters. The monoisotopic (exact) mass is 396 g/mol. The van der Waals surface area contributed by atoms with E-state index in [-0.39, 0.29) is 31.4 Å². The lowest BCUT2D eigenvalue weighted by atomic mass is 10.1. The topological polar surface area (TPSA) is 60.0 Å². The van der Waals surface area contributed by atoms with Gasteiger partial charge in [0.05, 0.1) is 17.9 Å². The van der Waals surface area contributed by atoms with Gasteiger partial charge in [0.15, 0.2) is 11.5 Å². The molecule has 1 aliphatic rings. The number of fused-ring (bicyclic) bond motifs is 1. The number of halogens is 3. The minimum absolute atomic E-state index is 0.0848. The van der Waals surface area contributed by atoms with E-state index in [0.717, 1.165) is 11.6 Å². The molecule has 1 heterocycles. The molecule has 28 heavy (non-hydrogen) atoms. The first kappa shape index (κ1) is 19.7. The van der Waals surface area contributed by atoms with Crippen LogP contribution in [-0.4, -0.2) is 31.4 Å². The third-order valence-electron chi connectivity index (χ3n) is 4.05. The number of carbonyl (C=O) groups is 1. The van der Waals surface area contributed by atoms with Gasteiger partial charge in [0.1, 0.15) is 5.75 Å². The van der Waals surface area contributed by atoms with Crippen molar-refractivity contribution in [2.45, 2.75) is 19.6 Å². The number of nitrogens with one attached hydrogen (secondary N) is 1. The first-order chi connectivity index (χ1) is 13.3. The molecular weight excluding hydrogens is 377 g/mol. The van der Waals surface area contributed by atoms with Gasteiger partial charge in [-0.05, 0) is 42.8 Å². The number of benzene rings is 2. The average molecular weight is 396 g/mol. The predicted octanol–water partition coefficient (Wildman–Crippen LogP) is 4.50. The van der Waals surface area contributed by atoms with E-state index in [4.69, 9.17) is 14.2 Å². The molecule has 0 saturated heterocycles. The van der Waals surface area contributed by atoms with Gasteiger partial charge in [-0.2, -0.15) is 13.2 Å². The molecule has 2 amide bonds. The lowest BCUT2D eigenvalue weighted by Crippen LogP contribution is -2.31. The van der Waals surface area contributed by atoms with Crippen molar-refractivity contribution < 1.29 is 32.2 Å². The molecule has 1 aliphatic heterocycles. The molecule has 3 rings (SSSR count). The number of nitrogens with zero attached hydrogens (tertiary/aromatic N) is 1. The molecule has 0 spiro atoms. The van der Waals surface area contributed by atoms with Crippen molar-refractivity contribution in [3.8, 4) is 17.2 Å². The van der Waals surface area contributed by atoms with Crippen LogP contribution in [0.25, 0.3) is 0 Å². The fraction of sp³-hybridized carbons (Fsp3) is 0.316. The smallest absolute Gasteiger partial charge is 0.418 e. The van der Waals surface area contributed by atoms with Crippen LogP contribution < -0.4 is 19.5 Å². The van der Waals surface area contributed by atoms with Crippen molar-refractivity contribution in [2.75, 3.05) is 25.8 Å². The molecule has 0 saturated carbocycles. The van der Waals surface area contributed by atoms with Crippen LogP contribution in [0.1, 0.15) is 18.1 Å². The Balaban J connectivity index is 1.73. The van der Waals surface area contributed by atoms with Crippen molar-refractivity contribution >= 4 is 11.7 Å². The number of urea groups is 1. The molecule has 0 aromatic heterocycles. The zero-order valence-electron chi connectivity index (χ0n) is 15.3. The van der Waals surface area contributed by atoms with E-state index in [2.05, 4.69) is 5.32 Å². The number of ether oxygens (including phenoxy) is 3. The molecule has 0 radical (unpaired) electrons. The number of hydrogen-bond donors (Lipinski definition) is 1. The number of hydrogen-bond acceptors (Lipinski definition) is 4. The fourth-order valence-corrected chi connectivity index (χ4v) is 2.72. The Bertz CT molecular complexity index is 871. The first-order valence-corrected chi connectivity index (χ1v) is 8.52. The molecule has 0 bridgehead atoms. The van der Waals surface area contributed by atoms with E-state index >= 15 is 0 Å². The van der Waals surface area contributed by atoms with Gasteiger partial charge < -0.3 is 24.4 Å². The summed E-state index contributed by atoms with van der Waals surface area (Å²) in [6, 6.07) is 7.97. The van der Waals surface area contributed by atoms with E-state index in [1.54, 1.807) is 25.1 Å². The van der Waals surface area contributed by atoms with Crippen LogP contribution >= 0.6 is 0 Å². The van der Waals surface area contributed by atoms with Crippen molar-refractivity contribution in [3.05, 3.63) is 47.5 Å². The van der Waals surface area contributed by atoms with Crippen LogP contribution in [-0.2, 0) is 12.7 Å². The molecular formula is C19H19F3N2O4. The van der Waals surface area contributed by atoms with E-state index in [9.17, 15) is 18.0 Å². The summed E-state index contributed by atoms with van der Waals surface area (Å²) < 4.78 is 55.7. The zero-order chi connectivity index (χ0) is 20.3. The van der Waals surface area contributed by atoms with Crippen LogP contribution in [0, 0.1) is 0 Å². The second-order valence-corrected chi connectivity index (χ2v) is 6.11. The van der Waals surface area contributed by atoms with Crippen LogP contribution in [0.15, 0.2) is 36.4 Å². The SMILES string of the molecule is CCOc1ccc(NC(=O)N(C)Cc2ccc3c(c2)OCO3)c(C(F)(F)F)c1. The van der Waals surface area contributed by atoms with Crippen molar-refractivity contribution in [2.24, 2.45) is 0 Å². The fourth-order valence-electron chi connectivity index (χ4n) is 2.72. The van der Waals surface area contributed by atoms with Crippen molar-refractivity contribution in [1.29, 1.82) is 0 Å².